The zero-order valence-corrected chi connectivity index (χ0v) is 7.20. The first-order valence-corrected chi connectivity index (χ1v) is 3.75. The molecule has 3 heteroatoms. The largest absolute Gasteiger partial charge is 0.465 e. The molecule has 0 heterocycles. The third-order valence-corrected chi connectivity index (χ3v) is 1.78. The number of aliphatic hydroxyl groups is 1. The molecule has 0 bridgehead atoms. The number of hydrogen-bond donors (Lipinski definition) is 1. The van der Waals surface area contributed by atoms with E-state index in [4.69, 9.17) is 0 Å². The molecule has 0 fully saturated rings. The summed E-state index contributed by atoms with van der Waals surface area (Å²) < 4.78 is 4.52. The summed E-state index contributed by atoms with van der Waals surface area (Å²) in [6.45, 7) is 1.69. The number of carbonyl (C=O) groups is 1. The van der Waals surface area contributed by atoms with Crippen LogP contribution in [0.3, 0.4) is 0 Å². The second-order valence-electron chi connectivity index (χ2n) is 3.05. The Hall–Kier alpha value is -1.09. The summed E-state index contributed by atoms with van der Waals surface area (Å²) in [5, 5.41) is 9.46. The molecule has 1 aliphatic rings. The minimum Gasteiger partial charge on any atom is -0.465 e. The first-order valence-electron chi connectivity index (χ1n) is 3.75. The fourth-order valence-electron chi connectivity index (χ4n) is 0.991. The predicted molar refractivity (Wildman–Crippen MR) is 44.5 cm³/mol. The summed E-state index contributed by atoms with van der Waals surface area (Å²) in [5.74, 6) is -0.359. The van der Waals surface area contributed by atoms with Crippen molar-refractivity contribution in [1.82, 2.24) is 0 Å². The number of esters is 1. The second-order valence-corrected chi connectivity index (χ2v) is 3.05. The van der Waals surface area contributed by atoms with Gasteiger partial charge >= 0.3 is 5.97 Å². The molecule has 0 radical (unpaired) electrons. The number of hydrogen-bond acceptors (Lipinski definition) is 3. The number of rotatable bonds is 1. The van der Waals surface area contributed by atoms with E-state index in [0.717, 1.165) is 0 Å². The lowest BCUT2D eigenvalue weighted by Gasteiger charge is -2.20. The Balaban J connectivity index is 2.71. The van der Waals surface area contributed by atoms with Crippen molar-refractivity contribution in [2.75, 3.05) is 7.11 Å². The Morgan fingerprint density at radius 2 is 2.42 bits per heavy atom. The molecule has 0 amide bonds. The van der Waals surface area contributed by atoms with Gasteiger partial charge in [-0.25, -0.2) is 4.79 Å². The summed E-state index contributed by atoms with van der Waals surface area (Å²) >= 11 is 0. The molecular formula is C9H12O3. The number of methoxy groups -OCH3 is 1. The molecule has 3 nitrogen and oxygen atoms in total. The fraction of sp³-hybridized carbons (Fsp3) is 0.444. The van der Waals surface area contributed by atoms with E-state index in [0.29, 0.717) is 12.0 Å². The predicted octanol–water partition coefficient (Wildman–Crippen LogP) is 0.797. The van der Waals surface area contributed by atoms with Crippen LogP contribution >= 0.6 is 0 Å². The smallest absolute Gasteiger partial charge is 0.337 e. The van der Waals surface area contributed by atoms with Crippen molar-refractivity contribution in [1.29, 1.82) is 0 Å². The van der Waals surface area contributed by atoms with Gasteiger partial charge in [-0.05, 0) is 19.4 Å². The van der Waals surface area contributed by atoms with Crippen LogP contribution in [-0.2, 0) is 9.53 Å². The normalized spacial score (nSPS) is 28.1. The number of ether oxygens (including phenoxy) is 1. The molecule has 12 heavy (non-hydrogen) atoms. The average molecular weight is 168 g/mol. The Kier molecular flexibility index (Phi) is 2.33. The van der Waals surface area contributed by atoms with Gasteiger partial charge in [-0.1, -0.05) is 12.2 Å². The molecule has 0 saturated heterocycles. The lowest BCUT2D eigenvalue weighted by molar-refractivity contribution is -0.135. The maximum Gasteiger partial charge on any atom is 0.337 e. The Morgan fingerprint density at radius 3 is 2.83 bits per heavy atom. The van der Waals surface area contributed by atoms with Gasteiger partial charge in [0.2, 0.25) is 0 Å². The van der Waals surface area contributed by atoms with Gasteiger partial charge in [-0.15, -0.1) is 0 Å². The molecule has 0 aromatic heterocycles. The molecule has 1 aliphatic carbocycles. The SMILES string of the molecule is COC(=O)C1=CCC(C)(O)C=C1. The van der Waals surface area contributed by atoms with Gasteiger partial charge in [0, 0.05) is 0 Å². The van der Waals surface area contributed by atoms with Crippen LogP contribution in [0.4, 0.5) is 0 Å². The Labute approximate surface area is 71.3 Å². The topological polar surface area (TPSA) is 46.5 Å². The Bertz CT molecular complexity index is 248. The summed E-state index contributed by atoms with van der Waals surface area (Å²) in [6.07, 6.45) is 5.30. The van der Waals surface area contributed by atoms with Crippen LogP contribution in [0.1, 0.15) is 13.3 Å². The number of carbonyl (C=O) groups excluding carboxylic acids is 1. The van der Waals surface area contributed by atoms with E-state index in [1.54, 1.807) is 25.2 Å². The monoisotopic (exact) mass is 168 g/mol. The van der Waals surface area contributed by atoms with Crippen molar-refractivity contribution in [2.45, 2.75) is 18.9 Å². The van der Waals surface area contributed by atoms with Crippen LogP contribution in [0.5, 0.6) is 0 Å². The highest BCUT2D eigenvalue weighted by Gasteiger charge is 2.20. The molecule has 1 N–H and O–H groups in total. The van der Waals surface area contributed by atoms with E-state index in [1.165, 1.54) is 7.11 Å². The van der Waals surface area contributed by atoms with Gasteiger partial charge in [0.1, 0.15) is 0 Å². The van der Waals surface area contributed by atoms with Gasteiger partial charge in [-0.2, -0.15) is 0 Å². The first-order chi connectivity index (χ1) is 5.55. The highest BCUT2D eigenvalue weighted by atomic mass is 16.5. The van der Waals surface area contributed by atoms with Crippen molar-refractivity contribution in [2.24, 2.45) is 0 Å². The van der Waals surface area contributed by atoms with Gasteiger partial charge < -0.3 is 9.84 Å². The van der Waals surface area contributed by atoms with Crippen molar-refractivity contribution in [3.8, 4) is 0 Å². The van der Waals surface area contributed by atoms with Crippen LogP contribution in [-0.4, -0.2) is 23.8 Å². The zero-order chi connectivity index (χ0) is 9.19. The summed E-state index contributed by atoms with van der Waals surface area (Å²) in [5.41, 5.74) is -0.318. The van der Waals surface area contributed by atoms with E-state index >= 15 is 0 Å². The van der Waals surface area contributed by atoms with Crippen molar-refractivity contribution in [3.63, 3.8) is 0 Å². The molecule has 1 atom stereocenters. The quantitative estimate of drug-likeness (QED) is 0.589. The second kappa shape index (κ2) is 3.11. The lowest BCUT2D eigenvalue weighted by Crippen LogP contribution is -2.22. The van der Waals surface area contributed by atoms with E-state index < -0.39 is 5.60 Å². The van der Waals surface area contributed by atoms with Gasteiger partial charge in [0.05, 0.1) is 18.3 Å². The minimum absolute atomic E-state index is 0.359. The van der Waals surface area contributed by atoms with E-state index in [2.05, 4.69) is 4.74 Å². The highest BCUT2D eigenvalue weighted by Crippen LogP contribution is 2.20. The Morgan fingerprint density at radius 1 is 1.75 bits per heavy atom. The van der Waals surface area contributed by atoms with E-state index in [1.807, 2.05) is 0 Å². The minimum atomic E-state index is -0.822. The maximum absolute atomic E-state index is 11.0. The lowest BCUT2D eigenvalue weighted by atomic mass is 9.94. The van der Waals surface area contributed by atoms with E-state index in [9.17, 15) is 9.90 Å². The van der Waals surface area contributed by atoms with E-state index in [-0.39, 0.29) is 5.97 Å². The van der Waals surface area contributed by atoms with Gasteiger partial charge in [-0.3, -0.25) is 0 Å². The molecule has 66 valence electrons. The van der Waals surface area contributed by atoms with Gasteiger partial charge in [0.15, 0.2) is 0 Å². The first kappa shape index (κ1) is 9.00. The van der Waals surface area contributed by atoms with Crippen molar-refractivity contribution < 1.29 is 14.6 Å². The molecule has 0 aliphatic heterocycles. The van der Waals surface area contributed by atoms with Crippen LogP contribution in [0.2, 0.25) is 0 Å². The third kappa shape index (κ3) is 1.95. The van der Waals surface area contributed by atoms with Crippen LogP contribution in [0, 0.1) is 0 Å². The summed E-state index contributed by atoms with van der Waals surface area (Å²) in [7, 11) is 1.34. The van der Waals surface area contributed by atoms with Crippen LogP contribution < -0.4 is 0 Å². The summed E-state index contributed by atoms with van der Waals surface area (Å²) in [6, 6.07) is 0. The molecule has 0 spiro atoms. The molecule has 0 aromatic rings. The molecule has 0 aromatic carbocycles. The molecular weight excluding hydrogens is 156 g/mol. The van der Waals surface area contributed by atoms with Gasteiger partial charge in [0.25, 0.3) is 0 Å². The average Bonchev–Trinajstić information content (AvgIpc) is 2.03. The van der Waals surface area contributed by atoms with Crippen molar-refractivity contribution >= 4 is 5.97 Å². The summed E-state index contributed by atoms with van der Waals surface area (Å²) in [4.78, 5) is 11.0. The van der Waals surface area contributed by atoms with Crippen molar-refractivity contribution in [3.05, 3.63) is 23.8 Å². The van der Waals surface area contributed by atoms with Crippen LogP contribution in [0.15, 0.2) is 23.8 Å². The third-order valence-electron chi connectivity index (χ3n) is 1.78. The molecule has 0 saturated carbocycles. The highest BCUT2D eigenvalue weighted by molar-refractivity contribution is 5.91. The standard InChI is InChI=1S/C9H12O3/c1-9(11)5-3-7(4-6-9)8(10)12-2/h3-5,11H,6H2,1-2H3. The molecule has 1 unspecified atom stereocenters. The molecule has 1 rings (SSSR count). The fourth-order valence-corrected chi connectivity index (χ4v) is 0.991. The van der Waals surface area contributed by atoms with Crippen LogP contribution in [0.25, 0.3) is 0 Å². The zero-order valence-electron chi connectivity index (χ0n) is 7.20. The maximum atomic E-state index is 11.0.